The number of ether oxygens (including phenoxy) is 1. The fraction of sp³-hybridized carbons (Fsp3) is 0.250. The summed E-state index contributed by atoms with van der Waals surface area (Å²) in [5.74, 6) is -1.68. The van der Waals surface area contributed by atoms with E-state index in [2.05, 4.69) is 26.2 Å². The highest BCUT2D eigenvalue weighted by Gasteiger charge is 2.48. The molecule has 1 aliphatic rings. The first kappa shape index (κ1) is 29.2. The second kappa shape index (κ2) is 11.9. The third kappa shape index (κ3) is 5.35. The molecule has 2 heterocycles. The van der Waals surface area contributed by atoms with Crippen LogP contribution in [0.5, 0.6) is 5.75 Å². The van der Waals surface area contributed by atoms with Gasteiger partial charge in [-0.25, -0.2) is 0 Å². The number of hydrogen-bond donors (Lipinski definition) is 2. The number of para-hydroxylation sites is 2. The largest absolute Gasteiger partial charge is 0.496 e. The van der Waals surface area contributed by atoms with E-state index < -0.39 is 17.4 Å². The molecule has 0 radical (unpaired) electrons. The number of benzene rings is 3. The Kier molecular flexibility index (Phi) is 8.29. The van der Waals surface area contributed by atoms with Gasteiger partial charge in [0.15, 0.2) is 0 Å². The van der Waals surface area contributed by atoms with Gasteiger partial charge in [0.1, 0.15) is 11.3 Å². The van der Waals surface area contributed by atoms with Gasteiger partial charge in [0.2, 0.25) is 17.7 Å². The quantitative estimate of drug-likeness (QED) is 0.301. The van der Waals surface area contributed by atoms with Crippen molar-refractivity contribution < 1.29 is 19.1 Å². The highest BCUT2D eigenvalue weighted by Crippen LogP contribution is 2.40. The van der Waals surface area contributed by atoms with E-state index >= 15 is 0 Å². The van der Waals surface area contributed by atoms with Gasteiger partial charge in [-0.1, -0.05) is 46.3 Å². The number of nitrogens with zero attached hydrogens (tertiary/aromatic N) is 3. The van der Waals surface area contributed by atoms with Crippen LogP contribution in [0.4, 0.5) is 11.4 Å². The summed E-state index contributed by atoms with van der Waals surface area (Å²) in [4.78, 5) is 48.9. The topological polar surface area (TPSA) is 118 Å². The number of amides is 3. The monoisotopic (exact) mass is 629 g/mol. The van der Waals surface area contributed by atoms with Gasteiger partial charge in [-0.3, -0.25) is 19.4 Å². The number of pyridine rings is 1. The van der Waals surface area contributed by atoms with E-state index in [9.17, 15) is 14.4 Å². The van der Waals surface area contributed by atoms with Crippen LogP contribution in [0.2, 0.25) is 0 Å². The molecule has 3 N–H and O–H groups in total. The summed E-state index contributed by atoms with van der Waals surface area (Å²) >= 11 is 3.54. The van der Waals surface area contributed by atoms with E-state index in [4.69, 9.17) is 10.5 Å². The summed E-state index contributed by atoms with van der Waals surface area (Å²) < 4.78 is 6.68. The number of primary amides is 1. The van der Waals surface area contributed by atoms with Crippen LogP contribution in [0.15, 0.2) is 83.5 Å². The van der Waals surface area contributed by atoms with Crippen molar-refractivity contribution in [1.29, 1.82) is 0 Å². The number of carbonyl (C=O) groups is 3. The molecule has 10 heteroatoms. The zero-order valence-electron chi connectivity index (χ0n) is 23.6. The zero-order chi connectivity index (χ0) is 30.0. The van der Waals surface area contributed by atoms with Crippen LogP contribution in [-0.2, 0) is 27.3 Å². The average molecular weight is 631 g/mol. The lowest BCUT2D eigenvalue weighted by Gasteiger charge is -2.36. The molecule has 4 aromatic rings. The smallest absolute Gasteiger partial charge is 0.238 e. The van der Waals surface area contributed by atoms with Crippen molar-refractivity contribution in [3.05, 3.63) is 94.7 Å². The standard InChI is InChI=1S/C32H32BrN5O4/c1-32(35-2,31(34)41)25-19-37(29(39)17-22-8-6-7-15-36-22)26-9-4-5-10-27(26)38(30(25)40)18-24-23-13-12-21(33)16-20(23)11-14-28(24)42-3/h4-16,25,35H,17-19H2,1-3H3,(H2,34,41)/t25?,32-/m0/s1. The Labute approximate surface area is 252 Å². The Morgan fingerprint density at radius 3 is 2.50 bits per heavy atom. The van der Waals surface area contributed by atoms with Crippen molar-refractivity contribution in [2.24, 2.45) is 11.7 Å². The van der Waals surface area contributed by atoms with Gasteiger partial charge in [0.05, 0.1) is 37.4 Å². The molecule has 0 saturated heterocycles. The molecule has 5 rings (SSSR count). The lowest BCUT2D eigenvalue weighted by molar-refractivity contribution is -0.133. The van der Waals surface area contributed by atoms with Crippen molar-refractivity contribution in [3.8, 4) is 5.75 Å². The molecule has 42 heavy (non-hydrogen) atoms. The molecule has 1 aliphatic heterocycles. The second-order valence-corrected chi connectivity index (χ2v) is 11.3. The number of fused-ring (bicyclic) bond motifs is 2. The van der Waals surface area contributed by atoms with Gasteiger partial charge in [-0.15, -0.1) is 0 Å². The zero-order valence-corrected chi connectivity index (χ0v) is 25.2. The number of likely N-dealkylation sites (N-methyl/N-ethyl adjacent to an activating group) is 1. The van der Waals surface area contributed by atoms with Crippen LogP contribution in [0, 0.1) is 5.92 Å². The molecule has 216 valence electrons. The summed E-state index contributed by atoms with van der Waals surface area (Å²) in [5, 5.41) is 4.87. The number of methoxy groups -OCH3 is 1. The summed E-state index contributed by atoms with van der Waals surface area (Å²) in [7, 11) is 3.18. The highest BCUT2D eigenvalue weighted by molar-refractivity contribution is 9.10. The predicted molar refractivity (Wildman–Crippen MR) is 166 cm³/mol. The van der Waals surface area contributed by atoms with Gasteiger partial charge in [0.25, 0.3) is 0 Å². The molecule has 3 amide bonds. The summed E-state index contributed by atoms with van der Waals surface area (Å²) in [5.41, 5.74) is 6.94. The number of anilines is 2. The first-order chi connectivity index (χ1) is 20.2. The van der Waals surface area contributed by atoms with E-state index in [1.165, 1.54) is 0 Å². The van der Waals surface area contributed by atoms with E-state index in [0.29, 0.717) is 22.8 Å². The van der Waals surface area contributed by atoms with Crippen LogP contribution in [-0.4, -0.2) is 48.9 Å². The minimum atomic E-state index is -1.45. The van der Waals surface area contributed by atoms with Crippen LogP contribution in [0.1, 0.15) is 18.2 Å². The first-order valence-electron chi connectivity index (χ1n) is 13.5. The van der Waals surface area contributed by atoms with Crippen molar-refractivity contribution >= 4 is 55.8 Å². The predicted octanol–water partition coefficient (Wildman–Crippen LogP) is 4.21. The van der Waals surface area contributed by atoms with Gasteiger partial charge in [-0.2, -0.15) is 0 Å². The Bertz CT molecular complexity index is 1660. The minimum Gasteiger partial charge on any atom is -0.496 e. The van der Waals surface area contributed by atoms with E-state index in [0.717, 1.165) is 20.8 Å². The van der Waals surface area contributed by atoms with Crippen molar-refractivity contribution in [3.63, 3.8) is 0 Å². The molecule has 2 atom stereocenters. The molecule has 3 aromatic carbocycles. The van der Waals surface area contributed by atoms with Crippen LogP contribution >= 0.6 is 15.9 Å². The molecule has 0 bridgehead atoms. The van der Waals surface area contributed by atoms with E-state index in [-0.39, 0.29) is 31.3 Å². The fourth-order valence-corrected chi connectivity index (χ4v) is 5.87. The third-order valence-corrected chi connectivity index (χ3v) is 8.56. The maximum Gasteiger partial charge on any atom is 0.238 e. The SMILES string of the molecule is CN[C@](C)(C(N)=O)C1CN(C(=O)Cc2ccccn2)c2ccccc2N(Cc2c(OC)ccc3cc(Br)ccc23)C1=O. The molecule has 0 aliphatic carbocycles. The molecule has 0 saturated carbocycles. The Morgan fingerprint density at radius 1 is 1.10 bits per heavy atom. The number of carbonyl (C=O) groups excluding carboxylic acids is 3. The Hall–Kier alpha value is -4.28. The number of rotatable bonds is 8. The molecule has 9 nitrogen and oxygen atoms in total. The molecule has 0 fully saturated rings. The van der Waals surface area contributed by atoms with E-state index in [1.54, 1.807) is 49.2 Å². The number of hydrogen-bond acceptors (Lipinski definition) is 6. The first-order valence-corrected chi connectivity index (χ1v) is 14.3. The van der Waals surface area contributed by atoms with Crippen LogP contribution in [0.25, 0.3) is 10.8 Å². The lowest BCUT2D eigenvalue weighted by Crippen LogP contribution is -2.63. The van der Waals surface area contributed by atoms with E-state index in [1.807, 2.05) is 60.7 Å². The Balaban J connectivity index is 1.68. The van der Waals surface area contributed by atoms with Crippen LogP contribution in [0.3, 0.4) is 0 Å². The van der Waals surface area contributed by atoms with Crippen LogP contribution < -0.4 is 25.6 Å². The molecule has 1 unspecified atom stereocenters. The molecular weight excluding hydrogens is 598 g/mol. The number of aromatic nitrogens is 1. The number of halogens is 1. The lowest BCUT2D eigenvalue weighted by atomic mass is 9.83. The van der Waals surface area contributed by atoms with Gasteiger partial charge in [0, 0.05) is 28.5 Å². The summed E-state index contributed by atoms with van der Waals surface area (Å²) in [6.07, 6.45) is 1.66. The third-order valence-electron chi connectivity index (χ3n) is 8.07. The Morgan fingerprint density at radius 2 is 1.83 bits per heavy atom. The van der Waals surface area contributed by atoms with Crippen molar-refractivity contribution in [2.45, 2.75) is 25.4 Å². The summed E-state index contributed by atoms with van der Waals surface area (Å²) in [6, 6.07) is 22.4. The number of nitrogens with two attached hydrogens (primary N) is 1. The van der Waals surface area contributed by atoms with Crippen molar-refractivity contribution in [2.75, 3.05) is 30.5 Å². The minimum absolute atomic E-state index is 0.0228. The highest BCUT2D eigenvalue weighted by atomic mass is 79.9. The van der Waals surface area contributed by atoms with Gasteiger partial charge < -0.3 is 25.6 Å². The maximum atomic E-state index is 14.6. The molecule has 0 spiro atoms. The molecular formula is C32H32BrN5O4. The second-order valence-electron chi connectivity index (χ2n) is 10.4. The van der Waals surface area contributed by atoms with Gasteiger partial charge >= 0.3 is 0 Å². The van der Waals surface area contributed by atoms with Crippen molar-refractivity contribution in [1.82, 2.24) is 10.3 Å². The normalized spacial score (nSPS) is 16.5. The number of nitrogens with one attached hydrogen (secondary N) is 1. The molecule has 1 aromatic heterocycles. The van der Waals surface area contributed by atoms with Gasteiger partial charge in [-0.05, 0) is 67.2 Å². The average Bonchev–Trinajstić information content (AvgIpc) is 3.11. The maximum absolute atomic E-state index is 14.6. The summed E-state index contributed by atoms with van der Waals surface area (Å²) in [6.45, 7) is 1.68. The fourth-order valence-electron chi connectivity index (χ4n) is 5.50.